The molecule has 0 aliphatic carbocycles. The lowest BCUT2D eigenvalue weighted by Crippen LogP contribution is -2.14. The van der Waals surface area contributed by atoms with E-state index < -0.39 is 0 Å². The number of amides is 1. The van der Waals surface area contributed by atoms with Crippen molar-refractivity contribution < 1.29 is 4.79 Å². The molecule has 1 aromatic carbocycles. The molecule has 1 amide bonds. The summed E-state index contributed by atoms with van der Waals surface area (Å²) in [5.41, 5.74) is 3.30. The Bertz CT molecular complexity index is 821. The number of hydrogen-bond donors (Lipinski definition) is 2. The molecule has 2 aromatic heterocycles. The van der Waals surface area contributed by atoms with E-state index in [1.54, 1.807) is 25.3 Å². The van der Waals surface area contributed by atoms with Crippen molar-refractivity contribution in [1.82, 2.24) is 15.2 Å². The minimum absolute atomic E-state index is 0.203. The van der Waals surface area contributed by atoms with Gasteiger partial charge < -0.3 is 5.32 Å². The number of H-pyrrole nitrogens is 1. The second kappa shape index (κ2) is 5.18. The summed E-state index contributed by atoms with van der Waals surface area (Å²) >= 11 is 6.13. The van der Waals surface area contributed by atoms with Gasteiger partial charge in [0.05, 0.1) is 27.5 Å². The van der Waals surface area contributed by atoms with Crippen molar-refractivity contribution in [3.05, 3.63) is 52.4 Å². The third kappa shape index (κ3) is 2.36. The number of nitrogens with one attached hydrogen (secondary N) is 2. The molecule has 0 saturated carbocycles. The number of halogens is 1. The van der Waals surface area contributed by atoms with Crippen molar-refractivity contribution in [3.8, 4) is 0 Å². The molecule has 0 spiro atoms. The van der Waals surface area contributed by atoms with Crippen LogP contribution in [0.5, 0.6) is 0 Å². The molecule has 3 rings (SSSR count). The Kier molecular flexibility index (Phi) is 3.35. The lowest BCUT2D eigenvalue weighted by molar-refractivity contribution is 0.102. The van der Waals surface area contributed by atoms with Gasteiger partial charge in [-0.2, -0.15) is 5.10 Å². The van der Waals surface area contributed by atoms with Gasteiger partial charge >= 0.3 is 0 Å². The molecule has 2 N–H and O–H groups in total. The van der Waals surface area contributed by atoms with Gasteiger partial charge in [0.25, 0.3) is 5.91 Å². The van der Waals surface area contributed by atoms with E-state index in [0.717, 1.165) is 11.1 Å². The van der Waals surface area contributed by atoms with E-state index in [2.05, 4.69) is 20.5 Å². The fourth-order valence-electron chi connectivity index (χ4n) is 2.32. The standard InChI is InChI=1S/C15H13ClN4O/c1-8-13(9(2)20-19-8)15(21)18-12-6-5-11(16)14-10(12)4-3-7-17-14/h3-7H,1-2H3,(H,18,21)(H,19,20). The number of anilines is 1. The van der Waals surface area contributed by atoms with E-state index >= 15 is 0 Å². The molecule has 0 radical (unpaired) electrons. The topological polar surface area (TPSA) is 70.7 Å². The van der Waals surface area contributed by atoms with Crippen molar-refractivity contribution >= 4 is 34.1 Å². The first-order valence-corrected chi connectivity index (χ1v) is 6.82. The summed E-state index contributed by atoms with van der Waals surface area (Å²) in [7, 11) is 0. The van der Waals surface area contributed by atoms with E-state index in [-0.39, 0.29) is 5.91 Å². The Hall–Kier alpha value is -2.40. The minimum atomic E-state index is -0.203. The Morgan fingerprint density at radius 3 is 2.81 bits per heavy atom. The zero-order valence-electron chi connectivity index (χ0n) is 11.6. The van der Waals surface area contributed by atoms with Crippen molar-refractivity contribution in [2.24, 2.45) is 0 Å². The van der Waals surface area contributed by atoms with E-state index in [1.807, 2.05) is 19.1 Å². The maximum Gasteiger partial charge on any atom is 0.259 e. The molecular weight excluding hydrogens is 288 g/mol. The van der Waals surface area contributed by atoms with Crippen LogP contribution in [0.1, 0.15) is 21.7 Å². The Balaban J connectivity index is 2.03. The molecule has 5 nitrogen and oxygen atoms in total. The molecule has 0 aliphatic rings. The quantitative estimate of drug-likeness (QED) is 0.761. The molecule has 6 heteroatoms. The first kappa shape index (κ1) is 13.6. The highest BCUT2D eigenvalue weighted by Gasteiger charge is 2.16. The fourth-order valence-corrected chi connectivity index (χ4v) is 2.53. The van der Waals surface area contributed by atoms with Gasteiger partial charge in [-0.1, -0.05) is 11.6 Å². The average Bonchev–Trinajstić information content (AvgIpc) is 2.81. The third-order valence-electron chi connectivity index (χ3n) is 3.32. The highest BCUT2D eigenvalue weighted by Crippen LogP contribution is 2.28. The van der Waals surface area contributed by atoms with Crippen LogP contribution in [0.25, 0.3) is 10.9 Å². The van der Waals surface area contributed by atoms with Crippen LogP contribution < -0.4 is 5.32 Å². The van der Waals surface area contributed by atoms with Crippen molar-refractivity contribution in [2.45, 2.75) is 13.8 Å². The number of fused-ring (bicyclic) bond motifs is 1. The summed E-state index contributed by atoms with van der Waals surface area (Å²) in [6.07, 6.45) is 1.67. The Labute approximate surface area is 126 Å². The average molecular weight is 301 g/mol. The second-order valence-corrected chi connectivity index (χ2v) is 5.16. The maximum absolute atomic E-state index is 12.4. The number of hydrogen-bond acceptors (Lipinski definition) is 3. The number of rotatable bonds is 2. The van der Waals surface area contributed by atoms with Crippen molar-refractivity contribution in [3.63, 3.8) is 0 Å². The van der Waals surface area contributed by atoms with Crippen LogP contribution in [0.3, 0.4) is 0 Å². The van der Waals surface area contributed by atoms with Gasteiger partial charge in [-0.05, 0) is 38.1 Å². The number of carbonyl (C=O) groups excluding carboxylic acids is 1. The fraction of sp³-hybridized carbons (Fsp3) is 0.133. The van der Waals surface area contributed by atoms with Crippen LogP contribution in [0.2, 0.25) is 5.02 Å². The third-order valence-corrected chi connectivity index (χ3v) is 3.63. The van der Waals surface area contributed by atoms with Gasteiger partial charge in [0.1, 0.15) is 0 Å². The van der Waals surface area contributed by atoms with Gasteiger partial charge in [0.15, 0.2) is 0 Å². The monoisotopic (exact) mass is 300 g/mol. The number of pyridine rings is 1. The summed E-state index contributed by atoms with van der Waals surface area (Å²) in [6.45, 7) is 3.61. The van der Waals surface area contributed by atoms with Crippen LogP contribution >= 0.6 is 11.6 Å². The number of aryl methyl sites for hydroxylation is 2. The van der Waals surface area contributed by atoms with Crippen LogP contribution in [-0.2, 0) is 0 Å². The van der Waals surface area contributed by atoms with E-state index in [1.165, 1.54) is 0 Å². The zero-order valence-corrected chi connectivity index (χ0v) is 12.3. The maximum atomic E-state index is 12.4. The molecule has 3 aromatic rings. The van der Waals surface area contributed by atoms with Crippen LogP contribution in [0, 0.1) is 13.8 Å². The van der Waals surface area contributed by atoms with Gasteiger partial charge in [-0.25, -0.2) is 0 Å². The predicted molar refractivity (Wildman–Crippen MR) is 82.8 cm³/mol. The lowest BCUT2D eigenvalue weighted by Gasteiger charge is -2.09. The highest BCUT2D eigenvalue weighted by atomic mass is 35.5. The number of benzene rings is 1. The van der Waals surface area contributed by atoms with Gasteiger partial charge in [0, 0.05) is 17.3 Å². The number of carbonyl (C=O) groups is 1. The smallest absolute Gasteiger partial charge is 0.259 e. The molecule has 0 aliphatic heterocycles. The first-order chi connectivity index (χ1) is 10.1. The first-order valence-electron chi connectivity index (χ1n) is 6.44. The molecule has 0 bridgehead atoms. The lowest BCUT2D eigenvalue weighted by atomic mass is 10.1. The second-order valence-electron chi connectivity index (χ2n) is 4.76. The van der Waals surface area contributed by atoms with Crippen LogP contribution in [-0.4, -0.2) is 21.1 Å². The number of aromatic nitrogens is 3. The van der Waals surface area contributed by atoms with Crippen LogP contribution in [0.4, 0.5) is 5.69 Å². The van der Waals surface area contributed by atoms with E-state index in [0.29, 0.717) is 27.5 Å². The highest BCUT2D eigenvalue weighted by molar-refractivity contribution is 6.35. The van der Waals surface area contributed by atoms with Gasteiger partial charge in [-0.3, -0.25) is 14.9 Å². The Morgan fingerprint density at radius 1 is 1.29 bits per heavy atom. The summed E-state index contributed by atoms with van der Waals surface area (Å²) in [5.74, 6) is -0.203. The normalized spacial score (nSPS) is 10.8. The van der Waals surface area contributed by atoms with Gasteiger partial charge in [-0.15, -0.1) is 0 Å². The van der Waals surface area contributed by atoms with E-state index in [9.17, 15) is 4.79 Å². The largest absolute Gasteiger partial charge is 0.321 e. The summed E-state index contributed by atoms with van der Waals surface area (Å²) in [6, 6.07) is 7.18. The number of aromatic amines is 1. The molecule has 0 unspecified atom stereocenters. The predicted octanol–water partition coefficient (Wildman–Crippen LogP) is 3.48. The zero-order chi connectivity index (χ0) is 15.0. The number of nitrogens with zero attached hydrogens (tertiary/aromatic N) is 2. The minimum Gasteiger partial charge on any atom is -0.321 e. The summed E-state index contributed by atoms with van der Waals surface area (Å²) in [5, 5.41) is 11.1. The molecule has 0 saturated heterocycles. The van der Waals surface area contributed by atoms with Crippen molar-refractivity contribution in [2.75, 3.05) is 5.32 Å². The summed E-state index contributed by atoms with van der Waals surface area (Å²) in [4.78, 5) is 16.7. The molecule has 0 atom stereocenters. The Morgan fingerprint density at radius 2 is 2.10 bits per heavy atom. The molecule has 2 heterocycles. The summed E-state index contributed by atoms with van der Waals surface area (Å²) < 4.78 is 0. The molecule has 21 heavy (non-hydrogen) atoms. The molecule has 0 fully saturated rings. The van der Waals surface area contributed by atoms with E-state index in [4.69, 9.17) is 11.6 Å². The SMILES string of the molecule is Cc1n[nH]c(C)c1C(=O)Nc1ccc(Cl)c2ncccc12. The van der Waals surface area contributed by atoms with Crippen LogP contribution in [0.15, 0.2) is 30.5 Å². The molecule has 106 valence electrons. The molecular formula is C15H13ClN4O. The van der Waals surface area contributed by atoms with Gasteiger partial charge in [0.2, 0.25) is 0 Å². The van der Waals surface area contributed by atoms with Crippen molar-refractivity contribution in [1.29, 1.82) is 0 Å².